The molecule has 0 bridgehead atoms. The molecule has 1 N–H and O–H groups in total. The monoisotopic (exact) mass is 255 g/mol. The van der Waals surface area contributed by atoms with Crippen molar-refractivity contribution in [3.8, 4) is 0 Å². The van der Waals surface area contributed by atoms with E-state index in [0.29, 0.717) is 0 Å². The zero-order valence-electron chi connectivity index (χ0n) is 10.7. The molecule has 19 heavy (non-hydrogen) atoms. The summed E-state index contributed by atoms with van der Waals surface area (Å²) in [6, 6.07) is 10.4. The van der Waals surface area contributed by atoms with Gasteiger partial charge < -0.3 is 10.1 Å². The Hall–Kier alpha value is -1.78. The Kier molecular flexibility index (Phi) is 3.81. The van der Waals surface area contributed by atoms with Crippen molar-refractivity contribution in [1.82, 2.24) is 15.3 Å². The van der Waals surface area contributed by atoms with Gasteiger partial charge in [0.25, 0.3) is 0 Å². The summed E-state index contributed by atoms with van der Waals surface area (Å²) < 4.78 is 5.85. The number of hydrogen-bond donors (Lipinski definition) is 1. The van der Waals surface area contributed by atoms with Crippen molar-refractivity contribution in [2.45, 2.75) is 19.1 Å². The molecular formula is C15H17N3O. The summed E-state index contributed by atoms with van der Waals surface area (Å²) >= 11 is 0. The molecule has 0 saturated carbocycles. The van der Waals surface area contributed by atoms with Crippen molar-refractivity contribution in [3.63, 3.8) is 0 Å². The molecule has 0 saturated heterocycles. The number of nitrogens with one attached hydrogen (secondary N) is 1. The van der Waals surface area contributed by atoms with Gasteiger partial charge >= 0.3 is 0 Å². The lowest BCUT2D eigenvalue weighted by Gasteiger charge is -2.26. The van der Waals surface area contributed by atoms with Crippen LogP contribution in [-0.2, 0) is 17.7 Å². The molecule has 1 atom stereocenters. The van der Waals surface area contributed by atoms with Crippen LogP contribution < -0.4 is 5.32 Å². The molecule has 1 aliphatic heterocycles. The Bertz CT molecular complexity index is 530. The average molecular weight is 255 g/mol. The molecule has 4 heteroatoms. The minimum atomic E-state index is 0.145. The summed E-state index contributed by atoms with van der Waals surface area (Å²) in [5.41, 5.74) is 3.71. The van der Waals surface area contributed by atoms with Crippen LogP contribution in [0.25, 0.3) is 0 Å². The van der Waals surface area contributed by atoms with Crippen molar-refractivity contribution >= 4 is 0 Å². The largest absolute Gasteiger partial charge is 0.372 e. The molecule has 4 nitrogen and oxygen atoms in total. The quantitative estimate of drug-likeness (QED) is 0.906. The van der Waals surface area contributed by atoms with Crippen LogP contribution in [0, 0.1) is 0 Å². The highest BCUT2D eigenvalue weighted by Gasteiger charge is 2.19. The van der Waals surface area contributed by atoms with Crippen molar-refractivity contribution in [2.75, 3.05) is 13.2 Å². The topological polar surface area (TPSA) is 47.0 Å². The number of fused-ring (bicyclic) bond motifs is 1. The first kappa shape index (κ1) is 12.3. The maximum absolute atomic E-state index is 5.85. The molecule has 1 aromatic carbocycles. The van der Waals surface area contributed by atoms with Gasteiger partial charge in [-0.2, -0.15) is 0 Å². The maximum Gasteiger partial charge on any atom is 0.115 e. The van der Waals surface area contributed by atoms with E-state index in [1.54, 1.807) is 12.5 Å². The summed E-state index contributed by atoms with van der Waals surface area (Å²) in [7, 11) is 0. The van der Waals surface area contributed by atoms with E-state index in [-0.39, 0.29) is 6.10 Å². The van der Waals surface area contributed by atoms with Gasteiger partial charge in [-0.3, -0.25) is 0 Å². The molecule has 1 aliphatic rings. The number of aromatic nitrogens is 2. The fourth-order valence-electron chi connectivity index (χ4n) is 2.40. The molecule has 2 aromatic rings. The summed E-state index contributed by atoms with van der Waals surface area (Å²) in [6.45, 7) is 2.35. The van der Waals surface area contributed by atoms with Crippen LogP contribution in [0.5, 0.6) is 0 Å². The first-order valence-electron chi connectivity index (χ1n) is 6.58. The van der Waals surface area contributed by atoms with Crippen molar-refractivity contribution < 1.29 is 4.74 Å². The third kappa shape index (κ3) is 2.97. The Labute approximate surface area is 112 Å². The van der Waals surface area contributed by atoms with Gasteiger partial charge in [0.15, 0.2) is 0 Å². The first-order chi connectivity index (χ1) is 9.43. The molecule has 1 unspecified atom stereocenters. The van der Waals surface area contributed by atoms with Gasteiger partial charge in [0.2, 0.25) is 0 Å². The van der Waals surface area contributed by atoms with Crippen molar-refractivity contribution in [2.24, 2.45) is 0 Å². The first-order valence-corrected chi connectivity index (χ1v) is 6.58. The molecule has 2 heterocycles. The number of ether oxygens (including phenoxy) is 1. The SMILES string of the molecule is c1ccc2c(c1)CCOC2CNCc1ccncn1. The van der Waals surface area contributed by atoms with Gasteiger partial charge in [0.05, 0.1) is 18.4 Å². The van der Waals surface area contributed by atoms with Crippen LogP contribution in [0.4, 0.5) is 0 Å². The molecule has 98 valence electrons. The van der Waals surface area contributed by atoms with Gasteiger partial charge in [0, 0.05) is 19.3 Å². The predicted octanol–water partition coefficient (Wildman–Crippen LogP) is 1.88. The minimum Gasteiger partial charge on any atom is -0.372 e. The van der Waals surface area contributed by atoms with Crippen molar-refractivity contribution in [1.29, 1.82) is 0 Å². The van der Waals surface area contributed by atoms with Crippen LogP contribution in [0.15, 0.2) is 42.9 Å². The molecule has 1 aromatic heterocycles. The van der Waals surface area contributed by atoms with E-state index in [1.165, 1.54) is 11.1 Å². The average Bonchev–Trinajstić information content (AvgIpc) is 2.49. The zero-order valence-corrected chi connectivity index (χ0v) is 10.7. The highest BCUT2D eigenvalue weighted by molar-refractivity contribution is 5.31. The van der Waals surface area contributed by atoms with Gasteiger partial charge in [-0.05, 0) is 23.6 Å². The van der Waals surface area contributed by atoms with Gasteiger partial charge in [-0.25, -0.2) is 9.97 Å². The van der Waals surface area contributed by atoms with Crippen molar-refractivity contribution in [3.05, 3.63) is 59.7 Å². The lowest BCUT2D eigenvalue weighted by atomic mass is 9.97. The third-order valence-electron chi connectivity index (χ3n) is 3.37. The van der Waals surface area contributed by atoms with Gasteiger partial charge in [0.1, 0.15) is 6.33 Å². The molecule has 0 spiro atoms. The molecule has 3 rings (SSSR count). The number of rotatable bonds is 4. The Morgan fingerprint density at radius 2 is 2.21 bits per heavy atom. The molecule has 0 aliphatic carbocycles. The fraction of sp³-hybridized carbons (Fsp3) is 0.333. The van der Waals surface area contributed by atoms with E-state index in [9.17, 15) is 0 Å². The van der Waals surface area contributed by atoms with E-state index >= 15 is 0 Å². The summed E-state index contributed by atoms with van der Waals surface area (Å²) in [5.74, 6) is 0. The second kappa shape index (κ2) is 5.91. The van der Waals surface area contributed by atoms with Crippen LogP contribution in [-0.4, -0.2) is 23.1 Å². The molecule has 0 amide bonds. The third-order valence-corrected chi connectivity index (χ3v) is 3.37. The Morgan fingerprint density at radius 3 is 3.11 bits per heavy atom. The lowest BCUT2D eigenvalue weighted by Crippen LogP contribution is -2.27. The van der Waals surface area contributed by atoms with Crippen LogP contribution >= 0.6 is 0 Å². The minimum absolute atomic E-state index is 0.145. The van der Waals surface area contributed by atoms with Gasteiger partial charge in [-0.1, -0.05) is 24.3 Å². The smallest absolute Gasteiger partial charge is 0.115 e. The number of benzene rings is 1. The highest BCUT2D eigenvalue weighted by Crippen LogP contribution is 2.26. The van der Waals surface area contributed by atoms with Crippen LogP contribution in [0.2, 0.25) is 0 Å². The van der Waals surface area contributed by atoms with E-state index in [4.69, 9.17) is 4.74 Å². The van der Waals surface area contributed by atoms with Crippen LogP contribution in [0.3, 0.4) is 0 Å². The molecule has 0 radical (unpaired) electrons. The normalized spacial score (nSPS) is 18.0. The second-order valence-electron chi connectivity index (χ2n) is 4.64. The fourth-order valence-corrected chi connectivity index (χ4v) is 2.40. The standard InChI is InChI=1S/C15H17N3O/c1-2-4-14-12(3-1)6-8-19-15(14)10-17-9-13-5-7-16-11-18-13/h1-5,7,11,15,17H,6,8-10H2. The molecular weight excluding hydrogens is 238 g/mol. The van der Waals surface area contributed by atoms with Gasteiger partial charge in [-0.15, -0.1) is 0 Å². The predicted molar refractivity (Wildman–Crippen MR) is 72.6 cm³/mol. The van der Waals surface area contributed by atoms with E-state index in [0.717, 1.165) is 31.8 Å². The number of nitrogens with zero attached hydrogens (tertiary/aromatic N) is 2. The highest BCUT2D eigenvalue weighted by atomic mass is 16.5. The zero-order chi connectivity index (χ0) is 12.9. The van der Waals surface area contributed by atoms with E-state index in [2.05, 4.69) is 39.6 Å². The summed E-state index contributed by atoms with van der Waals surface area (Å²) in [6.07, 6.45) is 4.49. The Morgan fingerprint density at radius 1 is 1.26 bits per heavy atom. The van der Waals surface area contributed by atoms with Crippen LogP contribution in [0.1, 0.15) is 22.9 Å². The van der Waals surface area contributed by atoms with E-state index in [1.807, 2.05) is 6.07 Å². The summed E-state index contributed by atoms with van der Waals surface area (Å²) in [5, 5.41) is 3.40. The van der Waals surface area contributed by atoms with E-state index < -0.39 is 0 Å². The summed E-state index contributed by atoms with van der Waals surface area (Å²) in [4.78, 5) is 8.10. The number of hydrogen-bond acceptors (Lipinski definition) is 4. The maximum atomic E-state index is 5.85. The Balaban J connectivity index is 1.59. The second-order valence-corrected chi connectivity index (χ2v) is 4.64. The lowest BCUT2D eigenvalue weighted by molar-refractivity contribution is 0.0423. The molecule has 0 fully saturated rings.